The van der Waals surface area contributed by atoms with E-state index >= 15 is 0 Å². The second-order valence-corrected chi connectivity index (χ2v) is 6.89. The van der Waals surface area contributed by atoms with Crippen LogP contribution in [-0.4, -0.2) is 28.5 Å². The molecule has 1 N–H and O–H groups in total. The highest BCUT2D eigenvalue weighted by Crippen LogP contribution is 2.25. The maximum Gasteiger partial charge on any atom is 0.156 e. The predicted molar refractivity (Wildman–Crippen MR) is 77.0 cm³/mol. The zero-order chi connectivity index (χ0) is 12.1. The highest BCUT2D eigenvalue weighted by atomic mass is 32.2. The maximum absolute atomic E-state index is 4.54. The predicted octanol–water partition coefficient (Wildman–Crippen LogP) is 2.79. The number of aromatic nitrogens is 1. The van der Waals surface area contributed by atoms with E-state index in [2.05, 4.69) is 29.1 Å². The van der Waals surface area contributed by atoms with Gasteiger partial charge in [0.05, 0.1) is 11.6 Å². The fourth-order valence-electron chi connectivity index (χ4n) is 1.82. The van der Waals surface area contributed by atoms with Crippen LogP contribution in [0.4, 0.5) is 0 Å². The fraction of sp³-hybridized carbons (Fsp3) is 0.667. The third-order valence-electron chi connectivity index (χ3n) is 2.55. The summed E-state index contributed by atoms with van der Waals surface area (Å²) in [6.07, 6.45) is 4.11. The SMILES string of the molecule is CC(C)CC1CN=C(NCCc2nccs2)S1. The van der Waals surface area contributed by atoms with Crippen LogP contribution in [0.1, 0.15) is 25.3 Å². The number of thiazole rings is 1. The molecule has 1 atom stereocenters. The Hall–Kier alpha value is -0.550. The molecule has 1 aliphatic heterocycles. The van der Waals surface area contributed by atoms with Crippen molar-refractivity contribution in [2.45, 2.75) is 31.9 Å². The number of nitrogens with zero attached hydrogens (tertiary/aromatic N) is 2. The van der Waals surface area contributed by atoms with Gasteiger partial charge < -0.3 is 5.32 Å². The van der Waals surface area contributed by atoms with Gasteiger partial charge in [-0.1, -0.05) is 25.6 Å². The Labute approximate surface area is 111 Å². The minimum Gasteiger partial charge on any atom is -0.364 e. The summed E-state index contributed by atoms with van der Waals surface area (Å²) in [4.78, 5) is 8.81. The summed E-state index contributed by atoms with van der Waals surface area (Å²) in [5.41, 5.74) is 0. The first kappa shape index (κ1) is 12.9. The first-order valence-corrected chi connectivity index (χ1v) is 7.83. The van der Waals surface area contributed by atoms with Gasteiger partial charge in [-0.3, -0.25) is 4.99 Å². The topological polar surface area (TPSA) is 37.3 Å². The van der Waals surface area contributed by atoms with Crippen LogP contribution in [-0.2, 0) is 6.42 Å². The monoisotopic (exact) mass is 269 g/mol. The van der Waals surface area contributed by atoms with Crippen LogP contribution in [0.25, 0.3) is 0 Å². The second-order valence-electron chi connectivity index (χ2n) is 4.62. The van der Waals surface area contributed by atoms with E-state index in [9.17, 15) is 0 Å². The molecule has 2 rings (SSSR count). The lowest BCUT2D eigenvalue weighted by Crippen LogP contribution is -2.22. The van der Waals surface area contributed by atoms with E-state index in [1.807, 2.05) is 23.3 Å². The standard InChI is InChI=1S/C12H19N3S2/c1-9(2)7-10-8-15-12(17-10)14-4-3-11-13-5-6-16-11/h5-6,9-10H,3-4,7-8H2,1-2H3,(H,14,15). The molecule has 3 nitrogen and oxygen atoms in total. The minimum atomic E-state index is 0.678. The number of aliphatic imine (C=N–C) groups is 1. The molecule has 0 bridgehead atoms. The summed E-state index contributed by atoms with van der Waals surface area (Å²) in [5.74, 6) is 0.761. The van der Waals surface area contributed by atoms with Crippen molar-refractivity contribution in [3.05, 3.63) is 16.6 Å². The molecule has 0 aliphatic carbocycles. The number of rotatable bonds is 5. The number of amidine groups is 1. The van der Waals surface area contributed by atoms with Gasteiger partial charge in [0.2, 0.25) is 0 Å². The molecule has 0 aromatic carbocycles. The zero-order valence-electron chi connectivity index (χ0n) is 10.3. The quantitative estimate of drug-likeness (QED) is 0.893. The molecule has 1 aliphatic rings. The van der Waals surface area contributed by atoms with Crippen molar-refractivity contribution in [1.82, 2.24) is 10.3 Å². The third kappa shape index (κ3) is 4.32. The summed E-state index contributed by atoms with van der Waals surface area (Å²) < 4.78 is 0. The lowest BCUT2D eigenvalue weighted by Gasteiger charge is -2.10. The molecule has 0 spiro atoms. The molecule has 94 valence electrons. The Morgan fingerprint density at radius 3 is 3.12 bits per heavy atom. The van der Waals surface area contributed by atoms with E-state index in [0.717, 1.165) is 30.6 Å². The Morgan fingerprint density at radius 2 is 2.41 bits per heavy atom. The van der Waals surface area contributed by atoms with Gasteiger partial charge in [0.15, 0.2) is 5.17 Å². The van der Waals surface area contributed by atoms with Crippen molar-refractivity contribution >= 4 is 28.3 Å². The van der Waals surface area contributed by atoms with Crippen molar-refractivity contribution in [1.29, 1.82) is 0 Å². The van der Waals surface area contributed by atoms with Gasteiger partial charge in [-0.25, -0.2) is 4.98 Å². The number of thioether (sulfide) groups is 1. The molecular formula is C12H19N3S2. The number of hydrogen-bond donors (Lipinski definition) is 1. The van der Waals surface area contributed by atoms with Crippen LogP contribution >= 0.6 is 23.1 Å². The molecular weight excluding hydrogens is 250 g/mol. The zero-order valence-corrected chi connectivity index (χ0v) is 12.0. The normalized spacial score (nSPS) is 19.7. The summed E-state index contributed by atoms with van der Waals surface area (Å²) in [6.45, 7) is 6.46. The van der Waals surface area contributed by atoms with Gasteiger partial charge >= 0.3 is 0 Å². The maximum atomic E-state index is 4.54. The molecule has 0 saturated heterocycles. The van der Waals surface area contributed by atoms with Crippen LogP contribution in [0, 0.1) is 5.92 Å². The molecule has 17 heavy (non-hydrogen) atoms. The molecule has 2 heterocycles. The van der Waals surface area contributed by atoms with E-state index in [1.54, 1.807) is 11.3 Å². The van der Waals surface area contributed by atoms with Crippen molar-refractivity contribution in [2.24, 2.45) is 10.9 Å². The molecule has 5 heteroatoms. The van der Waals surface area contributed by atoms with Gasteiger partial charge in [0, 0.05) is 29.8 Å². The highest BCUT2D eigenvalue weighted by molar-refractivity contribution is 8.14. The van der Waals surface area contributed by atoms with Crippen LogP contribution in [0.3, 0.4) is 0 Å². The Balaban J connectivity index is 1.64. The summed E-state index contributed by atoms with van der Waals surface area (Å²) >= 11 is 3.61. The third-order valence-corrected chi connectivity index (χ3v) is 4.56. The number of nitrogens with one attached hydrogen (secondary N) is 1. The van der Waals surface area contributed by atoms with E-state index in [0.29, 0.717) is 5.25 Å². The van der Waals surface area contributed by atoms with Gasteiger partial charge in [-0.05, 0) is 12.3 Å². The average molecular weight is 269 g/mol. The molecule has 0 saturated carbocycles. The fourth-order valence-corrected chi connectivity index (χ4v) is 3.72. The molecule has 0 fully saturated rings. The molecule has 1 aromatic rings. The van der Waals surface area contributed by atoms with Crippen molar-refractivity contribution < 1.29 is 0 Å². The van der Waals surface area contributed by atoms with E-state index in [4.69, 9.17) is 0 Å². The van der Waals surface area contributed by atoms with Crippen molar-refractivity contribution in [3.63, 3.8) is 0 Å². The number of hydrogen-bond acceptors (Lipinski definition) is 5. The Kier molecular flexibility index (Phi) is 4.86. The first-order valence-electron chi connectivity index (χ1n) is 6.07. The van der Waals surface area contributed by atoms with Crippen LogP contribution in [0.5, 0.6) is 0 Å². The van der Waals surface area contributed by atoms with Crippen molar-refractivity contribution in [3.8, 4) is 0 Å². The Bertz CT molecular complexity index is 360. The average Bonchev–Trinajstić information content (AvgIpc) is 2.89. The Morgan fingerprint density at radius 1 is 1.53 bits per heavy atom. The second kappa shape index (κ2) is 6.40. The van der Waals surface area contributed by atoms with E-state index < -0.39 is 0 Å². The van der Waals surface area contributed by atoms with Gasteiger partial charge in [-0.15, -0.1) is 11.3 Å². The highest BCUT2D eigenvalue weighted by Gasteiger charge is 2.19. The lowest BCUT2D eigenvalue weighted by molar-refractivity contribution is 0.575. The van der Waals surface area contributed by atoms with E-state index in [-0.39, 0.29) is 0 Å². The molecule has 1 unspecified atom stereocenters. The summed E-state index contributed by atoms with van der Waals surface area (Å²) in [6, 6.07) is 0. The van der Waals surface area contributed by atoms with E-state index in [1.165, 1.54) is 11.4 Å². The summed E-state index contributed by atoms with van der Waals surface area (Å²) in [5, 5.41) is 8.42. The van der Waals surface area contributed by atoms with Crippen LogP contribution < -0.4 is 5.32 Å². The molecule has 1 aromatic heterocycles. The largest absolute Gasteiger partial charge is 0.364 e. The first-order chi connectivity index (χ1) is 8.24. The molecule has 0 radical (unpaired) electrons. The van der Waals surface area contributed by atoms with Gasteiger partial charge in [-0.2, -0.15) is 0 Å². The summed E-state index contributed by atoms with van der Waals surface area (Å²) in [7, 11) is 0. The van der Waals surface area contributed by atoms with Gasteiger partial charge in [0.1, 0.15) is 0 Å². The van der Waals surface area contributed by atoms with Crippen LogP contribution in [0.2, 0.25) is 0 Å². The smallest absolute Gasteiger partial charge is 0.156 e. The molecule has 0 amide bonds. The van der Waals surface area contributed by atoms with Crippen LogP contribution in [0.15, 0.2) is 16.6 Å². The minimum absolute atomic E-state index is 0.678. The lowest BCUT2D eigenvalue weighted by atomic mass is 10.1. The van der Waals surface area contributed by atoms with Crippen molar-refractivity contribution in [2.75, 3.05) is 13.1 Å². The van der Waals surface area contributed by atoms with Gasteiger partial charge in [0.25, 0.3) is 0 Å².